The zero-order chi connectivity index (χ0) is 17.8. The van der Waals surface area contributed by atoms with Crippen LogP contribution in [0.5, 0.6) is 11.5 Å². The third-order valence-corrected chi connectivity index (χ3v) is 6.95. The molecule has 4 fully saturated rings. The molecule has 0 aliphatic heterocycles. The fourth-order valence-corrected chi connectivity index (χ4v) is 6.51. The summed E-state index contributed by atoms with van der Waals surface area (Å²) in [5, 5.41) is 3.49. The Bertz CT molecular complexity index is 707. The van der Waals surface area contributed by atoms with Crippen LogP contribution >= 0.6 is 23.2 Å². The molecule has 1 aromatic carbocycles. The molecule has 4 aliphatic rings. The summed E-state index contributed by atoms with van der Waals surface area (Å²) >= 11 is 13.2. The third kappa shape index (κ3) is 2.87. The van der Waals surface area contributed by atoms with Crippen molar-refractivity contribution >= 4 is 34.8 Å². The maximum absolute atomic E-state index is 13.2. The van der Waals surface area contributed by atoms with Crippen molar-refractivity contribution in [2.24, 2.45) is 17.3 Å². The van der Waals surface area contributed by atoms with Gasteiger partial charge in [0.15, 0.2) is 11.5 Å². The molecule has 4 nitrogen and oxygen atoms in total. The van der Waals surface area contributed by atoms with E-state index in [1.54, 1.807) is 26.4 Å². The normalized spacial score (nSPS) is 35.5. The number of hydrogen-bond acceptors (Lipinski definition) is 3. The lowest BCUT2D eigenvalue weighted by atomic mass is 9.49. The minimum Gasteiger partial charge on any atom is -0.493 e. The van der Waals surface area contributed by atoms with Crippen molar-refractivity contribution in [3.05, 3.63) is 17.2 Å². The standard InChI is InChI=1S/C19H23Cl2NO3/c1-24-15-4-13(20)14(5-16(15)25-2)22-17(23)18-6-11-3-12(7-18)9-19(21,8-11)10-18/h4-5,11-12H,3,6-10H2,1-2H3,(H,22,23). The van der Waals surface area contributed by atoms with Gasteiger partial charge in [-0.15, -0.1) is 11.6 Å². The van der Waals surface area contributed by atoms with E-state index in [1.165, 1.54) is 6.42 Å². The van der Waals surface area contributed by atoms with Crippen LogP contribution in [0.25, 0.3) is 0 Å². The molecule has 1 amide bonds. The maximum Gasteiger partial charge on any atom is 0.230 e. The first-order chi connectivity index (χ1) is 11.9. The summed E-state index contributed by atoms with van der Waals surface area (Å²) in [4.78, 5) is 13.0. The second kappa shape index (κ2) is 5.95. The number of carbonyl (C=O) groups is 1. The van der Waals surface area contributed by atoms with Gasteiger partial charge in [-0.2, -0.15) is 0 Å². The summed E-state index contributed by atoms with van der Waals surface area (Å²) < 4.78 is 10.6. The highest BCUT2D eigenvalue weighted by Crippen LogP contribution is 2.64. The number of benzene rings is 1. The molecule has 0 radical (unpaired) electrons. The smallest absolute Gasteiger partial charge is 0.230 e. The Morgan fingerprint density at radius 2 is 1.72 bits per heavy atom. The summed E-state index contributed by atoms with van der Waals surface area (Å²) in [6.45, 7) is 0. The summed E-state index contributed by atoms with van der Waals surface area (Å²) in [6.07, 6.45) is 5.98. The largest absolute Gasteiger partial charge is 0.493 e. The lowest BCUT2D eigenvalue weighted by molar-refractivity contribution is -0.138. The molecule has 25 heavy (non-hydrogen) atoms. The van der Waals surface area contributed by atoms with E-state index in [4.69, 9.17) is 32.7 Å². The molecule has 1 aromatic rings. The van der Waals surface area contributed by atoms with Crippen LogP contribution < -0.4 is 14.8 Å². The molecule has 4 saturated carbocycles. The highest BCUT2D eigenvalue weighted by Gasteiger charge is 2.60. The van der Waals surface area contributed by atoms with Crippen molar-refractivity contribution in [1.29, 1.82) is 0 Å². The number of anilines is 1. The Labute approximate surface area is 158 Å². The van der Waals surface area contributed by atoms with Crippen LogP contribution in [-0.2, 0) is 4.79 Å². The Kier molecular flexibility index (Phi) is 4.12. The fraction of sp³-hybridized carbons (Fsp3) is 0.632. The molecule has 5 rings (SSSR count). The number of nitrogens with one attached hydrogen (secondary N) is 1. The SMILES string of the molecule is COc1cc(Cl)c(NC(=O)C23CC4CC(CC(Cl)(C4)C2)C3)cc1OC. The summed E-state index contributed by atoms with van der Waals surface area (Å²) in [5.74, 6) is 2.28. The van der Waals surface area contributed by atoms with E-state index in [9.17, 15) is 4.79 Å². The van der Waals surface area contributed by atoms with Gasteiger partial charge in [0.25, 0.3) is 0 Å². The molecule has 0 heterocycles. The molecule has 6 heteroatoms. The monoisotopic (exact) mass is 383 g/mol. The Morgan fingerprint density at radius 1 is 1.12 bits per heavy atom. The average Bonchev–Trinajstić information content (AvgIpc) is 2.53. The van der Waals surface area contributed by atoms with Gasteiger partial charge in [0.2, 0.25) is 5.91 Å². The molecule has 0 saturated heterocycles. The molecule has 136 valence electrons. The van der Waals surface area contributed by atoms with Crippen molar-refractivity contribution in [3.8, 4) is 11.5 Å². The van der Waals surface area contributed by atoms with Crippen LogP contribution in [0, 0.1) is 17.3 Å². The van der Waals surface area contributed by atoms with Crippen LogP contribution in [0.15, 0.2) is 12.1 Å². The summed E-state index contributed by atoms with van der Waals surface area (Å²) in [5.41, 5.74) is 0.200. The van der Waals surface area contributed by atoms with Gasteiger partial charge in [0.1, 0.15) is 0 Å². The van der Waals surface area contributed by atoms with Gasteiger partial charge in [-0.3, -0.25) is 4.79 Å². The van der Waals surface area contributed by atoms with Crippen LogP contribution in [0.1, 0.15) is 38.5 Å². The van der Waals surface area contributed by atoms with Crippen molar-refractivity contribution in [1.82, 2.24) is 0 Å². The first kappa shape index (κ1) is 17.3. The van der Waals surface area contributed by atoms with E-state index in [-0.39, 0.29) is 16.2 Å². The Balaban J connectivity index is 1.60. The predicted molar refractivity (Wildman–Crippen MR) is 98.9 cm³/mol. The zero-order valence-electron chi connectivity index (χ0n) is 14.5. The Hall–Kier alpha value is -1.13. The van der Waals surface area contributed by atoms with Crippen LogP contribution in [0.4, 0.5) is 5.69 Å². The van der Waals surface area contributed by atoms with E-state index in [0.717, 1.165) is 32.1 Å². The molecule has 4 bridgehead atoms. The van der Waals surface area contributed by atoms with Gasteiger partial charge < -0.3 is 14.8 Å². The number of alkyl halides is 1. The number of halogens is 2. The number of rotatable bonds is 4. The number of carbonyl (C=O) groups excluding carboxylic acids is 1. The highest BCUT2D eigenvalue weighted by molar-refractivity contribution is 6.34. The second-order valence-corrected chi connectivity index (χ2v) is 9.24. The van der Waals surface area contributed by atoms with Crippen LogP contribution in [-0.4, -0.2) is 25.0 Å². The molecule has 0 aromatic heterocycles. The van der Waals surface area contributed by atoms with E-state index in [1.807, 2.05) is 0 Å². The third-order valence-electron chi connectivity index (χ3n) is 6.19. The molecule has 1 N–H and O–H groups in total. The van der Waals surface area contributed by atoms with Crippen molar-refractivity contribution < 1.29 is 14.3 Å². The summed E-state index contributed by atoms with van der Waals surface area (Å²) in [7, 11) is 3.12. The van der Waals surface area contributed by atoms with E-state index in [2.05, 4.69) is 5.32 Å². The molecule has 4 aliphatic carbocycles. The number of amides is 1. The molecule has 0 spiro atoms. The minimum absolute atomic E-state index is 0.0424. The maximum atomic E-state index is 13.2. The van der Waals surface area contributed by atoms with Gasteiger partial charge in [-0.05, 0) is 50.4 Å². The van der Waals surface area contributed by atoms with Crippen LogP contribution in [0.3, 0.4) is 0 Å². The van der Waals surface area contributed by atoms with Gasteiger partial charge in [0, 0.05) is 17.0 Å². The van der Waals surface area contributed by atoms with Crippen molar-refractivity contribution in [3.63, 3.8) is 0 Å². The Morgan fingerprint density at radius 3 is 2.28 bits per heavy atom. The number of methoxy groups -OCH3 is 2. The second-order valence-electron chi connectivity index (χ2n) is 8.03. The van der Waals surface area contributed by atoms with E-state index < -0.39 is 0 Å². The lowest BCUT2D eigenvalue weighted by Crippen LogP contribution is -2.57. The molecule has 2 unspecified atom stereocenters. The molecule has 2 atom stereocenters. The van der Waals surface area contributed by atoms with Gasteiger partial charge in [-0.1, -0.05) is 11.6 Å². The van der Waals surface area contributed by atoms with Gasteiger partial charge in [-0.25, -0.2) is 0 Å². The van der Waals surface area contributed by atoms with E-state index in [0.29, 0.717) is 34.0 Å². The number of ether oxygens (including phenoxy) is 2. The zero-order valence-corrected chi connectivity index (χ0v) is 16.0. The van der Waals surface area contributed by atoms with Gasteiger partial charge in [0.05, 0.1) is 30.3 Å². The minimum atomic E-state index is -0.359. The van der Waals surface area contributed by atoms with Crippen molar-refractivity contribution in [2.45, 2.75) is 43.4 Å². The lowest BCUT2D eigenvalue weighted by Gasteiger charge is -2.59. The van der Waals surface area contributed by atoms with E-state index >= 15 is 0 Å². The van der Waals surface area contributed by atoms with Crippen LogP contribution in [0.2, 0.25) is 5.02 Å². The topological polar surface area (TPSA) is 47.6 Å². The average molecular weight is 384 g/mol. The quantitative estimate of drug-likeness (QED) is 0.754. The molecular formula is C19H23Cl2NO3. The molecular weight excluding hydrogens is 361 g/mol. The highest BCUT2D eigenvalue weighted by atomic mass is 35.5. The first-order valence-electron chi connectivity index (χ1n) is 8.78. The first-order valence-corrected chi connectivity index (χ1v) is 9.54. The number of hydrogen-bond donors (Lipinski definition) is 1. The van der Waals surface area contributed by atoms with Gasteiger partial charge >= 0.3 is 0 Å². The predicted octanol–water partition coefficient (Wildman–Crippen LogP) is 4.87. The summed E-state index contributed by atoms with van der Waals surface area (Å²) in [6, 6.07) is 3.38. The van der Waals surface area contributed by atoms with Crippen molar-refractivity contribution in [2.75, 3.05) is 19.5 Å². The fourth-order valence-electron chi connectivity index (χ4n) is 5.62.